The van der Waals surface area contributed by atoms with Crippen LogP contribution in [0.1, 0.15) is 30.9 Å². The lowest BCUT2D eigenvalue weighted by molar-refractivity contribution is 0.264. The largest absolute Gasteiger partial charge is 0.324 e. The Kier molecular flexibility index (Phi) is 4.42. The summed E-state index contributed by atoms with van der Waals surface area (Å²) in [5, 5.41) is 0. The SMILES string of the molecule is Cl.N[C@@H](c1ccccc1Br)C1CCC1. The molecule has 1 aliphatic carbocycles. The van der Waals surface area contributed by atoms with Crippen LogP contribution in [0.25, 0.3) is 0 Å². The van der Waals surface area contributed by atoms with E-state index in [0.29, 0.717) is 5.92 Å². The van der Waals surface area contributed by atoms with Crippen LogP contribution in [0.2, 0.25) is 0 Å². The Morgan fingerprint density at radius 3 is 2.43 bits per heavy atom. The number of rotatable bonds is 2. The van der Waals surface area contributed by atoms with Gasteiger partial charge in [0.1, 0.15) is 0 Å². The lowest BCUT2D eigenvalue weighted by atomic mass is 9.78. The quantitative estimate of drug-likeness (QED) is 0.876. The molecule has 3 heteroatoms. The molecule has 1 fully saturated rings. The minimum atomic E-state index is 0. The normalized spacial score (nSPS) is 18.1. The zero-order chi connectivity index (χ0) is 9.26. The van der Waals surface area contributed by atoms with Gasteiger partial charge < -0.3 is 5.73 Å². The molecule has 0 aromatic heterocycles. The Morgan fingerprint density at radius 2 is 1.93 bits per heavy atom. The van der Waals surface area contributed by atoms with Gasteiger partial charge in [0.15, 0.2) is 0 Å². The number of nitrogens with two attached hydrogens (primary N) is 1. The number of benzene rings is 1. The fraction of sp³-hybridized carbons (Fsp3) is 0.455. The van der Waals surface area contributed by atoms with E-state index >= 15 is 0 Å². The first-order chi connectivity index (χ1) is 6.29. The molecule has 1 saturated carbocycles. The van der Waals surface area contributed by atoms with E-state index in [4.69, 9.17) is 5.73 Å². The maximum atomic E-state index is 6.17. The molecule has 1 atom stereocenters. The minimum Gasteiger partial charge on any atom is -0.324 e. The topological polar surface area (TPSA) is 26.0 Å². The number of hydrogen-bond acceptors (Lipinski definition) is 1. The Bertz CT molecular complexity index is 299. The van der Waals surface area contributed by atoms with Gasteiger partial charge in [-0.25, -0.2) is 0 Å². The standard InChI is InChI=1S/C11H14BrN.ClH/c12-10-7-2-1-6-9(10)11(13)8-4-3-5-8;/h1-2,6-8,11H,3-5,13H2;1H/t11-;/m1./s1. The van der Waals surface area contributed by atoms with E-state index < -0.39 is 0 Å². The fourth-order valence-electron chi connectivity index (χ4n) is 1.80. The highest BCUT2D eigenvalue weighted by molar-refractivity contribution is 9.10. The smallest absolute Gasteiger partial charge is 0.0334 e. The van der Waals surface area contributed by atoms with Gasteiger partial charge in [-0.15, -0.1) is 12.4 Å². The lowest BCUT2D eigenvalue weighted by Crippen LogP contribution is -2.27. The highest BCUT2D eigenvalue weighted by Crippen LogP contribution is 2.38. The molecule has 0 spiro atoms. The molecule has 1 aliphatic rings. The van der Waals surface area contributed by atoms with Crippen LogP contribution in [0.5, 0.6) is 0 Å². The van der Waals surface area contributed by atoms with Crippen molar-refractivity contribution in [3.05, 3.63) is 34.3 Å². The van der Waals surface area contributed by atoms with E-state index in [9.17, 15) is 0 Å². The third-order valence-electron chi connectivity index (χ3n) is 2.92. The van der Waals surface area contributed by atoms with Crippen molar-refractivity contribution in [1.82, 2.24) is 0 Å². The van der Waals surface area contributed by atoms with Crippen molar-refractivity contribution in [3.63, 3.8) is 0 Å². The van der Waals surface area contributed by atoms with Gasteiger partial charge in [-0.1, -0.05) is 40.5 Å². The second kappa shape index (κ2) is 5.15. The molecule has 1 aromatic carbocycles. The maximum absolute atomic E-state index is 6.17. The van der Waals surface area contributed by atoms with Crippen LogP contribution in [-0.2, 0) is 0 Å². The van der Waals surface area contributed by atoms with Crippen LogP contribution in [0, 0.1) is 5.92 Å². The second-order valence-corrected chi connectivity index (χ2v) is 4.59. The van der Waals surface area contributed by atoms with Crippen molar-refractivity contribution < 1.29 is 0 Å². The monoisotopic (exact) mass is 275 g/mol. The molecule has 0 saturated heterocycles. The van der Waals surface area contributed by atoms with Gasteiger partial charge in [0, 0.05) is 10.5 Å². The first-order valence-corrected chi connectivity index (χ1v) is 5.58. The Hall–Kier alpha value is -0.0500. The summed E-state index contributed by atoms with van der Waals surface area (Å²) < 4.78 is 1.15. The van der Waals surface area contributed by atoms with Crippen molar-refractivity contribution >= 4 is 28.3 Å². The molecule has 0 radical (unpaired) electrons. The molecule has 0 unspecified atom stereocenters. The highest BCUT2D eigenvalue weighted by Gasteiger charge is 2.26. The zero-order valence-corrected chi connectivity index (χ0v) is 10.4. The van der Waals surface area contributed by atoms with Gasteiger partial charge in [-0.3, -0.25) is 0 Å². The average Bonchev–Trinajstić information content (AvgIpc) is 2.01. The molecule has 1 aromatic rings. The minimum absolute atomic E-state index is 0. The van der Waals surface area contributed by atoms with Crippen LogP contribution < -0.4 is 5.73 Å². The van der Waals surface area contributed by atoms with E-state index in [1.807, 2.05) is 6.07 Å². The molecule has 0 bridgehead atoms. The maximum Gasteiger partial charge on any atom is 0.0334 e. The Labute approximate surface area is 99.6 Å². The van der Waals surface area contributed by atoms with Crippen LogP contribution in [0.15, 0.2) is 28.7 Å². The summed E-state index contributed by atoms with van der Waals surface area (Å²) in [6, 6.07) is 8.49. The Morgan fingerprint density at radius 1 is 1.29 bits per heavy atom. The van der Waals surface area contributed by atoms with E-state index in [1.54, 1.807) is 0 Å². The molecule has 0 aliphatic heterocycles. The van der Waals surface area contributed by atoms with Crippen LogP contribution in [-0.4, -0.2) is 0 Å². The summed E-state index contributed by atoms with van der Waals surface area (Å²) in [6.45, 7) is 0. The number of halogens is 2. The lowest BCUT2D eigenvalue weighted by Gasteiger charge is -2.31. The second-order valence-electron chi connectivity index (χ2n) is 3.74. The van der Waals surface area contributed by atoms with E-state index in [2.05, 4.69) is 34.1 Å². The summed E-state index contributed by atoms with van der Waals surface area (Å²) in [5.41, 5.74) is 7.43. The molecule has 2 rings (SSSR count). The highest BCUT2D eigenvalue weighted by atomic mass is 79.9. The van der Waals surface area contributed by atoms with Crippen molar-refractivity contribution in [3.8, 4) is 0 Å². The molecule has 14 heavy (non-hydrogen) atoms. The zero-order valence-electron chi connectivity index (χ0n) is 7.95. The van der Waals surface area contributed by atoms with Gasteiger partial charge in [-0.05, 0) is 30.4 Å². The van der Waals surface area contributed by atoms with Gasteiger partial charge in [0.2, 0.25) is 0 Å². The third-order valence-corrected chi connectivity index (χ3v) is 3.64. The van der Waals surface area contributed by atoms with Crippen molar-refractivity contribution in [2.45, 2.75) is 25.3 Å². The van der Waals surface area contributed by atoms with Crippen molar-refractivity contribution in [2.24, 2.45) is 11.7 Å². The Balaban J connectivity index is 0.000000980. The first kappa shape index (κ1) is 12.0. The molecule has 2 N–H and O–H groups in total. The summed E-state index contributed by atoms with van der Waals surface area (Å²) in [4.78, 5) is 0. The third kappa shape index (κ3) is 2.30. The molecular formula is C11H15BrClN. The molecule has 78 valence electrons. The van der Waals surface area contributed by atoms with Gasteiger partial charge in [-0.2, -0.15) is 0 Å². The van der Waals surface area contributed by atoms with Gasteiger partial charge >= 0.3 is 0 Å². The van der Waals surface area contributed by atoms with Crippen LogP contribution >= 0.6 is 28.3 Å². The van der Waals surface area contributed by atoms with E-state index in [0.717, 1.165) is 4.47 Å². The van der Waals surface area contributed by atoms with Gasteiger partial charge in [0.05, 0.1) is 0 Å². The first-order valence-electron chi connectivity index (χ1n) is 4.79. The van der Waals surface area contributed by atoms with Crippen molar-refractivity contribution in [2.75, 3.05) is 0 Å². The van der Waals surface area contributed by atoms with Crippen LogP contribution in [0.4, 0.5) is 0 Å². The molecule has 0 amide bonds. The van der Waals surface area contributed by atoms with Gasteiger partial charge in [0.25, 0.3) is 0 Å². The summed E-state index contributed by atoms with van der Waals surface area (Å²) in [7, 11) is 0. The fourth-order valence-corrected chi connectivity index (χ4v) is 2.35. The number of hydrogen-bond donors (Lipinski definition) is 1. The van der Waals surface area contributed by atoms with Crippen molar-refractivity contribution in [1.29, 1.82) is 0 Å². The molecular weight excluding hydrogens is 261 g/mol. The van der Waals surface area contributed by atoms with E-state index in [1.165, 1.54) is 24.8 Å². The summed E-state index contributed by atoms with van der Waals surface area (Å²) >= 11 is 3.54. The van der Waals surface area contributed by atoms with Crippen LogP contribution in [0.3, 0.4) is 0 Å². The predicted octanol–water partition coefficient (Wildman–Crippen LogP) is 3.67. The molecule has 1 nitrogen and oxygen atoms in total. The predicted molar refractivity (Wildman–Crippen MR) is 65.7 cm³/mol. The van der Waals surface area contributed by atoms with E-state index in [-0.39, 0.29) is 18.4 Å². The molecule has 0 heterocycles. The summed E-state index contributed by atoms with van der Waals surface area (Å²) in [5.74, 6) is 0.707. The summed E-state index contributed by atoms with van der Waals surface area (Å²) in [6.07, 6.45) is 3.94. The average molecular weight is 277 g/mol.